The van der Waals surface area contributed by atoms with E-state index in [2.05, 4.69) is 6.92 Å². The van der Waals surface area contributed by atoms with Gasteiger partial charge in [0.05, 0.1) is 18.1 Å². The Morgan fingerprint density at radius 3 is 2.60 bits per heavy atom. The van der Waals surface area contributed by atoms with Gasteiger partial charge >= 0.3 is 5.97 Å². The first-order chi connectivity index (χ1) is 14.4. The van der Waals surface area contributed by atoms with Gasteiger partial charge in [-0.1, -0.05) is 38.3 Å². The molecule has 0 saturated carbocycles. The molecule has 1 aromatic heterocycles. The van der Waals surface area contributed by atoms with Crippen molar-refractivity contribution < 1.29 is 18.7 Å². The maximum absolute atomic E-state index is 13.4. The molecule has 3 rings (SSSR count). The summed E-state index contributed by atoms with van der Waals surface area (Å²) in [4.78, 5) is 25.0. The molecule has 0 saturated heterocycles. The van der Waals surface area contributed by atoms with Crippen molar-refractivity contribution in [2.24, 2.45) is 0 Å². The lowest BCUT2D eigenvalue weighted by molar-refractivity contribution is -0.131. The van der Waals surface area contributed by atoms with Crippen LogP contribution >= 0.6 is 0 Å². The zero-order valence-corrected chi connectivity index (χ0v) is 18.0. The van der Waals surface area contributed by atoms with E-state index in [1.807, 2.05) is 30.3 Å². The molecule has 0 aliphatic carbocycles. The highest BCUT2D eigenvalue weighted by molar-refractivity contribution is 5.85. The minimum atomic E-state index is -0.392. The van der Waals surface area contributed by atoms with Gasteiger partial charge in [0.15, 0.2) is 0 Å². The van der Waals surface area contributed by atoms with Gasteiger partial charge in [-0.2, -0.15) is 0 Å². The van der Waals surface area contributed by atoms with Crippen LogP contribution in [0.25, 0.3) is 22.1 Å². The quantitative estimate of drug-likeness (QED) is 0.267. The molecule has 0 spiro atoms. The second kappa shape index (κ2) is 9.61. The summed E-state index contributed by atoms with van der Waals surface area (Å²) in [7, 11) is 1.59. The molecule has 5 heteroatoms. The molecule has 0 aliphatic heterocycles. The standard InChI is InChI=1S/C25H28O5/c1-5-6-7-8-10-18-14-21-23(15-22(18)30-17(3)26)29-16(2)24(25(21)27)19-11-9-12-20(13-19)28-4/h9,11-15H,5-8,10H2,1-4H3. The third-order valence-electron chi connectivity index (χ3n) is 5.16. The molecule has 0 fully saturated rings. The van der Waals surface area contributed by atoms with Crippen molar-refractivity contribution in [3.63, 3.8) is 0 Å². The number of ether oxygens (including phenoxy) is 2. The molecule has 0 atom stereocenters. The number of esters is 1. The lowest BCUT2D eigenvalue weighted by atomic mass is 9.99. The van der Waals surface area contributed by atoms with E-state index in [1.54, 1.807) is 20.1 Å². The first-order valence-electron chi connectivity index (χ1n) is 10.4. The molecule has 0 bridgehead atoms. The van der Waals surface area contributed by atoms with Crippen molar-refractivity contribution in [1.29, 1.82) is 0 Å². The van der Waals surface area contributed by atoms with Gasteiger partial charge in [0.25, 0.3) is 0 Å². The van der Waals surface area contributed by atoms with Crippen LogP contribution in [-0.4, -0.2) is 13.1 Å². The summed E-state index contributed by atoms with van der Waals surface area (Å²) in [6.07, 6.45) is 5.08. The van der Waals surface area contributed by atoms with Gasteiger partial charge in [-0.05, 0) is 49.1 Å². The Labute approximate surface area is 176 Å². The number of carbonyl (C=O) groups excluding carboxylic acids is 1. The van der Waals surface area contributed by atoms with E-state index in [4.69, 9.17) is 13.9 Å². The number of carbonyl (C=O) groups is 1. The summed E-state index contributed by atoms with van der Waals surface area (Å²) in [6, 6.07) is 10.8. The molecule has 158 valence electrons. The van der Waals surface area contributed by atoms with Crippen LogP contribution in [0.5, 0.6) is 11.5 Å². The highest BCUT2D eigenvalue weighted by atomic mass is 16.5. The SMILES string of the molecule is CCCCCCc1cc2c(=O)c(-c3cccc(OC)c3)c(C)oc2cc1OC(C)=O. The van der Waals surface area contributed by atoms with Crippen molar-refractivity contribution in [2.45, 2.75) is 52.9 Å². The van der Waals surface area contributed by atoms with Crippen molar-refractivity contribution in [3.05, 3.63) is 57.9 Å². The Balaban J connectivity index is 2.13. The minimum Gasteiger partial charge on any atom is -0.497 e. The first kappa shape index (κ1) is 21.6. The van der Waals surface area contributed by atoms with Crippen LogP contribution < -0.4 is 14.9 Å². The normalized spacial score (nSPS) is 10.9. The molecule has 3 aromatic rings. The number of methoxy groups -OCH3 is 1. The van der Waals surface area contributed by atoms with Crippen LogP contribution in [0, 0.1) is 6.92 Å². The fourth-order valence-electron chi connectivity index (χ4n) is 3.68. The van der Waals surface area contributed by atoms with Gasteiger partial charge in [0.1, 0.15) is 22.8 Å². The van der Waals surface area contributed by atoms with Gasteiger partial charge < -0.3 is 13.9 Å². The number of unbranched alkanes of at least 4 members (excludes halogenated alkanes) is 3. The van der Waals surface area contributed by atoms with E-state index >= 15 is 0 Å². The Morgan fingerprint density at radius 1 is 1.10 bits per heavy atom. The topological polar surface area (TPSA) is 65.7 Å². The van der Waals surface area contributed by atoms with Crippen LogP contribution in [0.15, 0.2) is 45.6 Å². The molecule has 0 aliphatic rings. The number of aryl methyl sites for hydroxylation is 2. The maximum atomic E-state index is 13.4. The molecule has 0 amide bonds. The Hall–Kier alpha value is -3.08. The summed E-state index contributed by atoms with van der Waals surface area (Å²) in [6.45, 7) is 5.30. The summed E-state index contributed by atoms with van der Waals surface area (Å²) in [5.41, 5.74) is 2.42. The van der Waals surface area contributed by atoms with Crippen LogP contribution in [0.4, 0.5) is 0 Å². The van der Waals surface area contributed by atoms with E-state index in [0.717, 1.165) is 43.2 Å². The predicted octanol–water partition coefficient (Wildman–Crippen LogP) is 5.83. The van der Waals surface area contributed by atoms with E-state index in [1.165, 1.54) is 6.92 Å². The smallest absolute Gasteiger partial charge is 0.308 e. The molecule has 5 nitrogen and oxygen atoms in total. The van der Waals surface area contributed by atoms with Crippen molar-refractivity contribution in [1.82, 2.24) is 0 Å². The summed E-state index contributed by atoms with van der Waals surface area (Å²) >= 11 is 0. The van der Waals surface area contributed by atoms with Crippen LogP contribution in [0.3, 0.4) is 0 Å². The first-order valence-corrected chi connectivity index (χ1v) is 10.4. The van der Waals surface area contributed by atoms with E-state index in [-0.39, 0.29) is 5.43 Å². The second-order valence-corrected chi connectivity index (χ2v) is 7.45. The fourth-order valence-corrected chi connectivity index (χ4v) is 3.68. The van der Waals surface area contributed by atoms with Gasteiger partial charge in [-0.25, -0.2) is 0 Å². The predicted molar refractivity (Wildman–Crippen MR) is 118 cm³/mol. The fraction of sp³-hybridized carbons (Fsp3) is 0.360. The lowest BCUT2D eigenvalue weighted by Gasteiger charge is -2.13. The second-order valence-electron chi connectivity index (χ2n) is 7.45. The molecule has 0 radical (unpaired) electrons. The Morgan fingerprint density at radius 2 is 1.90 bits per heavy atom. The van der Waals surface area contributed by atoms with E-state index < -0.39 is 5.97 Å². The molecule has 1 heterocycles. The van der Waals surface area contributed by atoms with E-state index in [9.17, 15) is 9.59 Å². The molecule has 0 unspecified atom stereocenters. The third-order valence-corrected chi connectivity index (χ3v) is 5.16. The summed E-state index contributed by atoms with van der Waals surface area (Å²) in [5.74, 6) is 1.25. The zero-order chi connectivity index (χ0) is 21.7. The lowest BCUT2D eigenvalue weighted by Crippen LogP contribution is -2.10. The number of rotatable bonds is 8. The van der Waals surface area contributed by atoms with Crippen molar-refractivity contribution >= 4 is 16.9 Å². The molecule has 2 aromatic carbocycles. The van der Waals surface area contributed by atoms with E-state index in [0.29, 0.717) is 33.8 Å². The monoisotopic (exact) mass is 408 g/mol. The van der Waals surface area contributed by atoms with Crippen molar-refractivity contribution in [2.75, 3.05) is 7.11 Å². The van der Waals surface area contributed by atoms with Crippen LogP contribution in [-0.2, 0) is 11.2 Å². The zero-order valence-electron chi connectivity index (χ0n) is 18.0. The minimum absolute atomic E-state index is 0.105. The highest BCUT2D eigenvalue weighted by Gasteiger charge is 2.17. The van der Waals surface area contributed by atoms with Gasteiger partial charge in [-0.3, -0.25) is 9.59 Å². The van der Waals surface area contributed by atoms with Crippen LogP contribution in [0.2, 0.25) is 0 Å². The van der Waals surface area contributed by atoms with Gasteiger partial charge in [-0.15, -0.1) is 0 Å². The Kier molecular flexibility index (Phi) is 6.93. The number of benzene rings is 2. The Bertz CT molecular complexity index is 1110. The summed E-state index contributed by atoms with van der Waals surface area (Å²) in [5, 5.41) is 0.486. The van der Waals surface area contributed by atoms with Gasteiger partial charge in [0.2, 0.25) is 5.43 Å². The van der Waals surface area contributed by atoms with Gasteiger partial charge in [0, 0.05) is 13.0 Å². The molecule has 0 N–H and O–H groups in total. The average Bonchev–Trinajstić information content (AvgIpc) is 2.71. The highest BCUT2D eigenvalue weighted by Crippen LogP contribution is 2.31. The number of hydrogen-bond acceptors (Lipinski definition) is 5. The molecule has 30 heavy (non-hydrogen) atoms. The third kappa shape index (κ3) is 4.73. The van der Waals surface area contributed by atoms with Crippen LogP contribution in [0.1, 0.15) is 50.9 Å². The maximum Gasteiger partial charge on any atom is 0.308 e. The summed E-state index contributed by atoms with van der Waals surface area (Å²) < 4.78 is 16.7. The number of hydrogen-bond donors (Lipinski definition) is 0. The average molecular weight is 408 g/mol. The van der Waals surface area contributed by atoms with Crippen molar-refractivity contribution in [3.8, 4) is 22.6 Å². The molecular formula is C25H28O5. The molecular weight excluding hydrogens is 380 g/mol. The number of fused-ring (bicyclic) bond motifs is 1. The largest absolute Gasteiger partial charge is 0.497 e.